The van der Waals surface area contributed by atoms with E-state index < -0.39 is 0 Å². The molecule has 126 valence electrons. The molecule has 1 unspecified atom stereocenters. The smallest absolute Gasteiger partial charge is 0.315 e. The van der Waals surface area contributed by atoms with Crippen LogP contribution in [0.1, 0.15) is 32.3 Å². The molecule has 0 fully saturated rings. The number of aliphatic hydroxyl groups excluding tert-OH is 1. The molecular weight excluding hydrogens is 290 g/mol. The lowest BCUT2D eigenvalue weighted by Gasteiger charge is -2.21. The van der Waals surface area contributed by atoms with Crippen molar-refractivity contribution in [3.63, 3.8) is 0 Å². The summed E-state index contributed by atoms with van der Waals surface area (Å²) < 4.78 is 0. The fourth-order valence-electron chi connectivity index (χ4n) is 2.75. The summed E-state index contributed by atoms with van der Waals surface area (Å²) in [7, 11) is 0. The first-order valence-corrected chi connectivity index (χ1v) is 8.32. The number of rotatable bonds is 8. The van der Waals surface area contributed by atoms with Crippen LogP contribution in [-0.4, -0.2) is 35.3 Å². The molecule has 5 heteroatoms. The normalized spacial score (nSPS) is 12.5. The predicted octanol–water partition coefficient (Wildman–Crippen LogP) is 2.81. The highest BCUT2D eigenvalue weighted by atomic mass is 16.3. The first-order chi connectivity index (χ1) is 11.1. The van der Waals surface area contributed by atoms with Crippen LogP contribution in [0.4, 0.5) is 4.79 Å². The minimum absolute atomic E-state index is 0.00798. The van der Waals surface area contributed by atoms with Crippen LogP contribution >= 0.6 is 0 Å². The molecule has 2 rings (SSSR count). The number of fused-ring (bicyclic) bond motifs is 1. The number of para-hydroxylation sites is 1. The Morgan fingerprint density at radius 2 is 2.09 bits per heavy atom. The van der Waals surface area contributed by atoms with Crippen molar-refractivity contribution in [1.29, 1.82) is 0 Å². The third-order valence-corrected chi connectivity index (χ3v) is 4.14. The van der Waals surface area contributed by atoms with Gasteiger partial charge in [-0.25, -0.2) is 4.79 Å². The van der Waals surface area contributed by atoms with Crippen LogP contribution in [0.2, 0.25) is 0 Å². The first kappa shape index (κ1) is 17.3. The lowest BCUT2D eigenvalue weighted by Crippen LogP contribution is -2.45. The van der Waals surface area contributed by atoms with Crippen molar-refractivity contribution in [1.82, 2.24) is 15.6 Å². The average Bonchev–Trinajstić information content (AvgIpc) is 2.94. The monoisotopic (exact) mass is 317 g/mol. The molecule has 0 radical (unpaired) electrons. The highest BCUT2D eigenvalue weighted by Gasteiger charge is 2.15. The molecule has 2 aromatic rings. The van der Waals surface area contributed by atoms with Gasteiger partial charge in [0.05, 0.1) is 0 Å². The molecule has 5 nitrogen and oxygen atoms in total. The van der Waals surface area contributed by atoms with Crippen LogP contribution in [0.25, 0.3) is 10.9 Å². The van der Waals surface area contributed by atoms with Gasteiger partial charge < -0.3 is 20.7 Å². The maximum Gasteiger partial charge on any atom is 0.315 e. The highest BCUT2D eigenvalue weighted by Crippen LogP contribution is 2.18. The Morgan fingerprint density at radius 3 is 2.83 bits per heavy atom. The van der Waals surface area contributed by atoms with E-state index in [2.05, 4.69) is 27.8 Å². The van der Waals surface area contributed by atoms with Gasteiger partial charge in [-0.3, -0.25) is 0 Å². The standard InChI is InChI=1S/C18H27N3O2/c1-13(2)16(9-11-22)21-18(23)19-10-5-6-14-12-20-17-8-4-3-7-15(14)17/h3-4,7-8,12-13,16,20,22H,5-6,9-11H2,1-2H3,(H2,19,21,23). The van der Waals surface area contributed by atoms with Crippen molar-refractivity contribution < 1.29 is 9.90 Å². The number of aromatic amines is 1. The summed E-state index contributed by atoms with van der Waals surface area (Å²) in [6.45, 7) is 4.80. The van der Waals surface area contributed by atoms with E-state index in [1.54, 1.807) is 0 Å². The van der Waals surface area contributed by atoms with Crippen LogP contribution in [0.3, 0.4) is 0 Å². The van der Waals surface area contributed by atoms with Gasteiger partial charge in [-0.2, -0.15) is 0 Å². The maximum absolute atomic E-state index is 11.9. The molecule has 1 aromatic carbocycles. The number of aliphatic hydroxyl groups is 1. The van der Waals surface area contributed by atoms with Crippen molar-refractivity contribution in [2.24, 2.45) is 5.92 Å². The molecule has 0 aliphatic heterocycles. The summed E-state index contributed by atoms with van der Waals surface area (Å²) in [5, 5.41) is 16.1. The van der Waals surface area contributed by atoms with Gasteiger partial charge in [-0.05, 0) is 36.8 Å². The number of aryl methyl sites for hydroxylation is 1. The fraction of sp³-hybridized carbons (Fsp3) is 0.500. The second-order valence-corrected chi connectivity index (χ2v) is 6.23. The van der Waals surface area contributed by atoms with E-state index >= 15 is 0 Å². The summed E-state index contributed by atoms with van der Waals surface area (Å²) in [5.74, 6) is 0.305. The third-order valence-electron chi connectivity index (χ3n) is 4.14. The van der Waals surface area contributed by atoms with E-state index in [0.29, 0.717) is 18.9 Å². The molecule has 1 atom stereocenters. The number of benzene rings is 1. The van der Waals surface area contributed by atoms with Crippen molar-refractivity contribution in [3.8, 4) is 0 Å². The van der Waals surface area contributed by atoms with Gasteiger partial charge >= 0.3 is 6.03 Å². The lowest BCUT2D eigenvalue weighted by atomic mass is 10.0. The number of hydrogen-bond donors (Lipinski definition) is 4. The molecule has 0 aliphatic rings. The lowest BCUT2D eigenvalue weighted by molar-refractivity contribution is 0.219. The Balaban J connectivity index is 1.73. The molecule has 1 aromatic heterocycles. The Morgan fingerprint density at radius 1 is 1.30 bits per heavy atom. The zero-order chi connectivity index (χ0) is 16.7. The van der Waals surface area contributed by atoms with E-state index in [0.717, 1.165) is 18.4 Å². The number of aromatic nitrogens is 1. The van der Waals surface area contributed by atoms with E-state index in [4.69, 9.17) is 5.11 Å². The van der Waals surface area contributed by atoms with Gasteiger partial charge in [0.1, 0.15) is 0 Å². The minimum atomic E-state index is -0.156. The molecule has 4 N–H and O–H groups in total. The van der Waals surface area contributed by atoms with Crippen molar-refractivity contribution in [2.75, 3.05) is 13.2 Å². The van der Waals surface area contributed by atoms with Gasteiger partial charge in [0.25, 0.3) is 0 Å². The summed E-state index contributed by atoms with van der Waals surface area (Å²) in [6, 6.07) is 8.09. The number of carbonyl (C=O) groups is 1. The number of urea groups is 1. The average molecular weight is 317 g/mol. The zero-order valence-corrected chi connectivity index (χ0v) is 13.9. The first-order valence-electron chi connectivity index (χ1n) is 8.32. The van der Waals surface area contributed by atoms with E-state index in [1.807, 2.05) is 32.2 Å². The maximum atomic E-state index is 11.9. The van der Waals surface area contributed by atoms with Gasteiger partial charge in [0.2, 0.25) is 0 Å². The molecule has 0 aliphatic carbocycles. The van der Waals surface area contributed by atoms with Crippen molar-refractivity contribution >= 4 is 16.9 Å². The number of H-pyrrole nitrogens is 1. The number of hydrogen-bond acceptors (Lipinski definition) is 2. The quantitative estimate of drug-likeness (QED) is 0.565. The van der Waals surface area contributed by atoms with E-state index in [1.165, 1.54) is 10.9 Å². The summed E-state index contributed by atoms with van der Waals surface area (Å²) in [6.07, 6.45) is 4.44. The van der Waals surface area contributed by atoms with Crippen molar-refractivity contribution in [2.45, 2.75) is 39.2 Å². The van der Waals surface area contributed by atoms with Crippen molar-refractivity contribution in [3.05, 3.63) is 36.0 Å². The molecule has 23 heavy (non-hydrogen) atoms. The molecule has 0 spiro atoms. The molecule has 1 heterocycles. The molecule has 2 amide bonds. The summed E-state index contributed by atoms with van der Waals surface area (Å²) in [4.78, 5) is 15.2. The van der Waals surface area contributed by atoms with E-state index in [-0.39, 0.29) is 18.7 Å². The van der Waals surface area contributed by atoms with Crippen LogP contribution in [0.5, 0.6) is 0 Å². The Hall–Kier alpha value is -2.01. The van der Waals surface area contributed by atoms with Gasteiger partial charge in [0, 0.05) is 36.3 Å². The highest BCUT2D eigenvalue weighted by molar-refractivity contribution is 5.83. The second-order valence-electron chi connectivity index (χ2n) is 6.23. The SMILES string of the molecule is CC(C)C(CCO)NC(=O)NCCCc1c[nH]c2ccccc12. The molecule has 0 bridgehead atoms. The third kappa shape index (κ3) is 4.99. The van der Waals surface area contributed by atoms with E-state index in [9.17, 15) is 4.79 Å². The number of carbonyl (C=O) groups excluding carboxylic acids is 1. The molecule has 0 saturated carbocycles. The van der Waals surface area contributed by atoms with Crippen LogP contribution in [-0.2, 0) is 6.42 Å². The second kappa shape index (κ2) is 8.58. The van der Waals surface area contributed by atoms with Gasteiger partial charge in [0.15, 0.2) is 0 Å². The minimum Gasteiger partial charge on any atom is -0.396 e. The predicted molar refractivity (Wildman–Crippen MR) is 93.5 cm³/mol. The van der Waals surface area contributed by atoms with Crippen LogP contribution in [0.15, 0.2) is 30.5 Å². The zero-order valence-electron chi connectivity index (χ0n) is 13.9. The Labute approximate surface area is 137 Å². The molecule has 0 saturated heterocycles. The summed E-state index contributed by atoms with van der Waals surface area (Å²) >= 11 is 0. The number of amides is 2. The summed E-state index contributed by atoms with van der Waals surface area (Å²) in [5.41, 5.74) is 2.43. The largest absolute Gasteiger partial charge is 0.396 e. The number of nitrogens with one attached hydrogen (secondary N) is 3. The Bertz CT molecular complexity index is 622. The fourth-order valence-corrected chi connectivity index (χ4v) is 2.75. The van der Waals surface area contributed by atoms with Gasteiger partial charge in [-0.1, -0.05) is 32.0 Å². The van der Waals surface area contributed by atoms with Crippen LogP contribution in [0, 0.1) is 5.92 Å². The van der Waals surface area contributed by atoms with Gasteiger partial charge in [-0.15, -0.1) is 0 Å². The Kier molecular flexibility index (Phi) is 6.47. The van der Waals surface area contributed by atoms with Crippen LogP contribution < -0.4 is 10.6 Å². The topological polar surface area (TPSA) is 77.2 Å². The molecular formula is C18H27N3O2.